The zero-order chi connectivity index (χ0) is 9.42. The van der Waals surface area contributed by atoms with Crippen LogP contribution >= 0.6 is 45.2 Å². The molecule has 0 amide bonds. The number of furan rings is 1. The van der Waals surface area contributed by atoms with Gasteiger partial charge in [-0.3, -0.25) is 0 Å². The quantitative estimate of drug-likeness (QED) is 0.669. The molecule has 0 saturated carbocycles. The number of ether oxygens (including phenoxy) is 1. The van der Waals surface area contributed by atoms with E-state index in [-0.39, 0.29) is 6.10 Å². The van der Waals surface area contributed by atoms with E-state index in [0.29, 0.717) is 0 Å². The topological polar surface area (TPSA) is 22.4 Å². The Morgan fingerprint density at radius 3 is 2.92 bits per heavy atom. The second-order valence-electron chi connectivity index (χ2n) is 3.14. The molecule has 1 aromatic heterocycles. The normalized spacial score (nSPS) is 21.6. The molecule has 0 aromatic carbocycles. The smallest absolute Gasteiger partial charge is 0.177 e. The molecule has 2 rings (SSSR count). The molecular weight excluding hydrogens is 394 g/mol. The van der Waals surface area contributed by atoms with Crippen molar-refractivity contribution in [2.75, 3.05) is 7.11 Å². The summed E-state index contributed by atoms with van der Waals surface area (Å²) in [5.74, 6) is 1.13. The van der Waals surface area contributed by atoms with Gasteiger partial charge < -0.3 is 9.15 Å². The van der Waals surface area contributed by atoms with Crippen molar-refractivity contribution >= 4 is 45.2 Å². The maximum Gasteiger partial charge on any atom is 0.177 e. The Morgan fingerprint density at radius 1 is 1.46 bits per heavy atom. The van der Waals surface area contributed by atoms with Crippen molar-refractivity contribution in [1.82, 2.24) is 0 Å². The molecule has 13 heavy (non-hydrogen) atoms. The van der Waals surface area contributed by atoms with Crippen LogP contribution in [0.5, 0.6) is 0 Å². The first-order valence-electron chi connectivity index (χ1n) is 4.23. The molecule has 4 heteroatoms. The molecule has 1 aliphatic carbocycles. The highest BCUT2D eigenvalue weighted by atomic mass is 127. The predicted octanol–water partition coefficient (Wildman–Crippen LogP) is 3.51. The van der Waals surface area contributed by atoms with E-state index in [4.69, 9.17) is 9.15 Å². The summed E-state index contributed by atoms with van der Waals surface area (Å²) in [6.07, 6.45) is 3.61. The van der Waals surface area contributed by atoms with Crippen molar-refractivity contribution < 1.29 is 9.15 Å². The van der Waals surface area contributed by atoms with Crippen LogP contribution in [0.15, 0.2) is 4.42 Å². The van der Waals surface area contributed by atoms with Crippen molar-refractivity contribution in [2.24, 2.45) is 0 Å². The fourth-order valence-corrected chi connectivity index (χ4v) is 3.09. The van der Waals surface area contributed by atoms with Crippen LogP contribution in [0, 0.1) is 7.34 Å². The molecule has 0 bridgehead atoms. The van der Waals surface area contributed by atoms with Gasteiger partial charge in [-0.25, -0.2) is 0 Å². The lowest BCUT2D eigenvalue weighted by Crippen LogP contribution is -2.10. The highest BCUT2D eigenvalue weighted by Gasteiger charge is 2.27. The van der Waals surface area contributed by atoms with E-state index >= 15 is 0 Å². The Kier molecular flexibility index (Phi) is 3.19. The summed E-state index contributed by atoms with van der Waals surface area (Å²) in [6, 6.07) is 0. The number of rotatable bonds is 1. The van der Waals surface area contributed by atoms with Gasteiger partial charge in [-0.1, -0.05) is 0 Å². The lowest BCUT2D eigenvalue weighted by molar-refractivity contribution is 0.0852. The Bertz CT molecular complexity index is 320. The van der Waals surface area contributed by atoms with E-state index in [1.807, 2.05) is 0 Å². The summed E-state index contributed by atoms with van der Waals surface area (Å²) in [4.78, 5) is 0. The highest BCUT2D eigenvalue weighted by Crippen LogP contribution is 2.38. The SMILES string of the molecule is COC1CCCc2oc(I)c(I)c21. The summed E-state index contributed by atoms with van der Waals surface area (Å²) in [6.45, 7) is 0. The molecule has 0 aliphatic heterocycles. The number of fused-ring (bicyclic) bond motifs is 1. The third-order valence-corrected chi connectivity index (χ3v) is 5.26. The molecule has 2 nitrogen and oxygen atoms in total. The van der Waals surface area contributed by atoms with Gasteiger partial charge in [0.1, 0.15) is 5.76 Å². The van der Waals surface area contributed by atoms with Gasteiger partial charge in [-0.05, 0) is 35.4 Å². The van der Waals surface area contributed by atoms with Gasteiger partial charge in [0, 0.05) is 41.7 Å². The Labute approximate surface area is 105 Å². The molecular formula is C9H10I2O2. The summed E-state index contributed by atoms with van der Waals surface area (Å²) >= 11 is 4.58. The van der Waals surface area contributed by atoms with E-state index in [1.54, 1.807) is 7.11 Å². The van der Waals surface area contributed by atoms with E-state index in [1.165, 1.54) is 15.6 Å². The predicted molar refractivity (Wildman–Crippen MR) is 66.8 cm³/mol. The minimum atomic E-state index is 0.253. The van der Waals surface area contributed by atoms with Crippen LogP contribution in [0.4, 0.5) is 0 Å². The first kappa shape index (κ1) is 10.2. The van der Waals surface area contributed by atoms with Gasteiger partial charge in [0.25, 0.3) is 0 Å². The molecule has 0 spiro atoms. The van der Waals surface area contributed by atoms with Crippen molar-refractivity contribution in [3.05, 3.63) is 18.7 Å². The molecule has 1 aliphatic rings. The van der Waals surface area contributed by atoms with Gasteiger partial charge in [0.05, 0.1) is 9.67 Å². The Balaban J connectivity index is 2.47. The molecule has 1 unspecified atom stereocenters. The number of aryl methyl sites for hydroxylation is 1. The molecule has 72 valence electrons. The van der Waals surface area contributed by atoms with Crippen LogP contribution in [0.25, 0.3) is 0 Å². The van der Waals surface area contributed by atoms with Crippen molar-refractivity contribution in [1.29, 1.82) is 0 Å². The van der Waals surface area contributed by atoms with E-state index in [2.05, 4.69) is 45.2 Å². The van der Waals surface area contributed by atoms with Gasteiger partial charge in [-0.15, -0.1) is 0 Å². The summed E-state index contributed by atoms with van der Waals surface area (Å²) in [5, 5.41) is 0. The maximum absolute atomic E-state index is 5.67. The second kappa shape index (κ2) is 4.06. The molecule has 1 atom stereocenters. The van der Waals surface area contributed by atoms with Crippen LogP contribution in [-0.2, 0) is 11.2 Å². The molecule has 0 fully saturated rings. The number of methoxy groups -OCH3 is 1. The largest absolute Gasteiger partial charge is 0.454 e. The summed E-state index contributed by atoms with van der Waals surface area (Å²) < 4.78 is 13.4. The van der Waals surface area contributed by atoms with E-state index in [9.17, 15) is 0 Å². The van der Waals surface area contributed by atoms with Crippen LogP contribution in [-0.4, -0.2) is 7.11 Å². The van der Waals surface area contributed by atoms with Crippen molar-refractivity contribution in [3.8, 4) is 0 Å². The minimum Gasteiger partial charge on any atom is -0.454 e. The van der Waals surface area contributed by atoms with Crippen LogP contribution in [0.1, 0.15) is 30.3 Å². The second-order valence-corrected chi connectivity index (χ2v) is 5.20. The van der Waals surface area contributed by atoms with Crippen molar-refractivity contribution in [3.63, 3.8) is 0 Å². The number of hydrogen-bond donors (Lipinski definition) is 0. The molecule has 1 heterocycles. The van der Waals surface area contributed by atoms with E-state index < -0.39 is 0 Å². The van der Waals surface area contributed by atoms with Crippen molar-refractivity contribution in [2.45, 2.75) is 25.4 Å². The molecule has 1 aromatic rings. The average Bonchev–Trinajstić information content (AvgIpc) is 2.43. The summed E-state index contributed by atoms with van der Waals surface area (Å²) in [5.41, 5.74) is 1.29. The zero-order valence-electron chi connectivity index (χ0n) is 7.27. The molecule has 0 saturated heterocycles. The first-order valence-corrected chi connectivity index (χ1v) is 6.39. The molecule has 0 N–H and O–H groups in total. The van der Waals surface area contributed by atoms with Crippen LogP contribution in [0.3, 0.4) is 0 Å². The third-order valence-electron chi connectivity index (χ3n) is 2.40. The maximum atomic E-state index is 5.67. The standard InChI is InChI=1S/C9H10I2O2/c1-12-5-3-2-4-6-7(5)8(10)9(11)13-6/h5H,2-4H2,1H3. The summed E-state index contributed by atoms with van der Waals surface area (Å²) in [7, 11) is 1.77. The van der Waals surface area contributed by atoms with Crippen LogP contribution < -0.4 is 0 Å². The minimum absolute atomic E-state index is 0.253. The van der Waals surface area contributed by atoms with Crippen LogP contribution in [0.2, 0.25) is 0 Å². The molecule has 0 radical (unpaired) electrons. The Hall–Kier alpha value is 0.700. The number of halogens is 2. The monoisotopic (exact) mass is 404 g/mol. The fourth-order valence-electron chi connectivity index (χ4n) is 1.77. The van der Waals surface area contributed by atoms with Gasteiger partial charge in [0.2, 0.25) is 0 Å². The highest BCUT2D eigenvalue weighted by molar-refractivity contribution is 14.1. The fraction of sp³-hybridized carbons (Fsp3) is 0.556. The van der Waals surface area contributed by atoms with Gasteiger partial charge in [0.15, 0.2) is 3.77 Å². The first-order chi connectivity index (χ1) is 6.24. The zero-order valence-corrected chi connectivity index (χ0v) is 11.6. The Morgan fingerprint density at radius 2 is 2.23 bits per heavy atom. The number of hydrogen-bond acceptors (Lipinski definition) is 2. The lowest BCUT2D eigenvalue weighted by Gasteiger charge is -2.20. The van der Waals surface area contributed by atoms with Gasteiger partial charge >= 0.3 is 0 Å². The average molecular weight is 404 g/mol. The van der Waals surface area contributed by atoms with Gasteiger partial charge in [-0.2, -0.15) is 0 Å². The lowest BCUT2D eigenvalue weighted by atomic mass is 9.96. The third kappa shape index (κ3) is 1.77. The van der Waals surface area contributed by atoms with E-state index in [0.717, 1.165) is 22.4 Å².